The lowest BCUT2D eigenvalue weighted by molar-refractivity contribution is -0.145. The molecule has 0 aliphatic carbocycles. The first kappa shape index (κ1) is 16.8. The number of hydrogen-bond donors (Lipinski definition) is 1. The second-order valence-corrected chi connectivity index (χ2v) is 6.03. The van der Waals surface area contributed by atoms with Crippen molar-refractivity contribution in [1.29, 1.82) is 0 Å². The molecule has 0 bridgehead atoms. The molecule has 0 aromatic heterocycles. The number of carbonyl (C=O) groups is 1. The number of ether oxygens (including phenoxy) is 1. The van der Waals surface area contributed by atoms with Crippen LogP contribution in [0.2, 0.25) is 0 Å². The molecule has 0 fully saturated rings. The summed E-state index contributed by atoms with van der Waals surface area (Å²) in [6.45, 7) is 2.06. The van der Waals surface area contributed by atoms with Crippen LogP contribution in [0.5, 0.6) is 5.75 Å². The third-order valence-electron chi connectivity index (χ3n) is 4.02. The molecule has 3 aromatic rings. The van der Waals surface area contributed by atoms with Crippen LogP contribution in [0.1, 0.15) is 11.1 Å². The van der Waals surface area contributed by atoms with Crippen LogP contribution in [0.25, 0.3) is 11.1 Å². The number of carboxylic acids is 1. The van der Waals surface area contributed by atoms with Crippen molar-refractivity contribution in [3.8, 4) is 16.9 Å². The smallest absolute Gasteiger partial charge is 0.345 e. The molecule has 3 nitrogen and oxygen atoms in total. The Hall–Kier alpha value is -3.07. The third kappa shape index (κ3) is 4.48. The van der Waals surface area contributed by atoms with Gasteiger partial charge in [0.2, 0.25) is 0 Å². The zero-order chi connectivity index (χ0) is 17.6. The largest absolute Gasteiger partial charge is 0.478 e. The standard InChI is InChI=1S/C22H20O3/c1-16-6-5-9-19(14-16)18-10-12-20(13-11-18)25-21(22(23)24)15-17-7-3-2-4-8-17/h2-14,21H,15H2,1H3,(H,23,24). The molecule has 0 spiro atoms. The minimum Gasteiger partial charge on any atom is -0.478 e. The van der Waals surface area contributed by atoms with E-state index in [2.05, 4.69) is 25.1 Å². The van der Waals surface area contributed by atoms with E-state index in [0.29, 0.717) is 12.2 Å². The molecule has 3 rings (SSSR count). The van der Waals surface area contributed by atoms with E-state index in [1.807, 2.05) is 60.7 Å². The fourth-order valence-corrected chi connectivity index (χ4v) is 2.72. The third-order valence-corrected chi connectivity index (χ3v) is 4.02. The molecule has 0 saturated carbocycles. The van der Waals surface area contributed by atoms with Crippen LogP contribution >= 0.6 is 0 Å². The summed E-state index contributed by atoms with van der Waals surface area (Å²) in [5, 5.41) is 9.43. The van der Waals surface area contributed by atoms with E-state index in [1.54, 1.807) is 0 Å². The molecule has 1 N–H and O–H groups in total. The predicted molar refractivity (Wildman–Crippen MR) is 98.8 cm³/mol. The quantitative estimate of drug-likeness (QED) is 0.709. The van der Waals surface area contributed by atoms with Crippen LogP contribution in [0.15, 0.2) is 78.9 Å². The minimum absolute atomic E-state index is 0.329. The molecular formula is C22H20O3. The Balaban J connectivity index is 1.73. The van der Waals surface area contributed by atoms with Gasteiger partial charge in [-0.25, -0.2) is 4.79 Å². The maximum absolute atomic E-state index is 11.5. The van der Waals surface area contributed by atoms with Crippen LogP contribution < -0.4 is 4.74 Å². The van der Waals surface area contributed by atoms with Gasteiger partial charge in [-0.1, -0.05) is 72.3 Å². The van der Waals surface area contributed by atoms with Crippen molar-refractivity contribution in [3.05, 3.63) is 90.0 Å². The van der Waals surface area contributed by atoms with Gasteiger partial charge < -0.3 is 9.84 Å². The highest BCUT2D eigenvalue weighted by Crippen LogP contribution is 2.24. The van der Waals surface area contributed by atoms with Gasteiger partial charge in [0.05, 0.1) is 0 Å². The number of aryl methyl sites for hydroxylation is 1. The minimum atomic E-state index is -0.966. The molecule has 0 heterocycles. The average Bonchev–Trinajstić information content (AvgIpc) is 2.62. The van der Waals surface area contributed by atoms with Crippen LogP contribution in [0.4, 0.5) is 0 Å². The van der Waals surface area contributed by atoms with E-state index in [0.717, 1.165) is 16.7 Å². The highest BCUT2D eigenvalue weighted by Gasteiger charge is 2.20. The lowest BCUT2D eigenvalue weighted by atomic mass is 10.0. The van der Waals surface area contributed by atoms with Crippen molar-refractivity contribution in [3.63, 3.8) is 0 Å². The van der Waals surface area contributed by atoms with E-state index in [4.69, 9.17) is 4.74 Å². The Bertz CT molecular complexity index is 839. The Morgan fingerprint density at radius 3 is 2.28 bits per heavy atom. The molecule has 126 valence electrons. The lowest BCUT2D eigenvalue weighted by Gasteiger charge is -2.15. The summed E-state index contributed by atoms with van der Waals surface area (Å²) in [7, 11) is 0. The summed E-state index contributed by atoms with van der Waals surface area (Å²) < 4.78 is 5.69. The molecule has 1 unspecified atom stereocenters. The number of rotatable bonds is 6. The van der Waals surface area contributed by atoms with E-state index < -0.39 is 12.1 Å². The fraction of sp³-hybridized carbons (Fsp3) is 0.136. The van der Waals surface area contributed by atoms with Crippen LogP contribution in [-0.2, 0) is 11.2 Å². The summed E-state index contributed by atoms with van der Waals surface area (Å²) in [5.41, 5.74) is 4.34. The molecular weight excluding hydrogens is 312 g/mol. The van der Waals surface area contributed by atoms with Crippen molar-refractivity contribution < 1.29 is 14.6 Å². The van der Waals surface area contributed by atoms with Gasteiger partial charge in [-0.3, -0.25) is 0 Å². The van der Waals surface area contributed by atoms with Crippen molar-refractivity contribution in [2.45, 2.75) is 19.4 Å². The molecule has 3 heteroatoms. The van der Waals surface area contributed by atoms with Crippen molar-refractivity contribution in [2.75, 3.05) is 0 Å². The molecule has 0 radical (unpaired) electrons. The monoisotopic (exact) mass is 332 g/mol. The van der Waals surface area contributed by atoms with Gasteiger partial charge in [-0.2, -0.15) is 0 Å². The molecule has 25 heavy (non-hydrogen) atoms. The second kappa shape index (κ2) is 7.67. The van der Waals surface area contributed by atoms with Crippen molar-refractivity contribution in [1.82, 2.24) is 0 Å². The van der Waals surface area contributed by atoms with Gasteiger partial charge in [0.25, 0.3) is 0 Å². The first-order valence-corrected chi connectivity index (χ1v) is 8.22. The van der Waals surface area contributed by atoms with Gasteiger partial charge in [0.1, 0.15) is 5.75 Å². The van der Waals surface area contributed by atoms with E-state index in [1.165, 1.54) is 5.56 Å². The van der Waals surface area contributed by atoms with Crippen molar-refractivity contribution >= 4 is 5.97 Å². The van der Waals surface area contributed by atoms with Crippen molar-refractivity contribution in [2.24, 2.45) is 0 Å². The maximum atomic E-state index is 11.5. The summed E-state index contributed by atoms with van der Waals surface area (Å²) in [5.74, 6) is -0.411. The van der Waals surface area contributed by atoms with Crippen LogP contribution in [0, 0.1) is 6.92 Å². The van der Waals surface area contributed by atoms with Gasteiger partial charge in [-0.15, -0.1) is 0 Å². The highest BCUT2D eigenvalue weighted by atomic mass is 16.5. The summed E-state index contributed by atoms with van der Waals surface area (Å²) >= 11 is 0. The van der Waals surface area contributed by atoms with Crippen LogP contribution in [0.3, 0.4) is 0 Å². The molecule has 3 aromatic carbocycles. The predicted octanol–water partition coefficient (Wildman–Crippen LogP) is 4.74. The SMILES string of the molecule is Cc1cccc(-c2ccc(OC(Cc3ccccc3)C(=O)O)cc2)c1. The molecule has 0 saturated heterocycles. The van der Waals surface area contributed by atoms with Crippen LogP contribution in [-0.4, -0.2) is 17.2 Å². The fourth-order valence-electron chi connectivity index (χ4n) is 2.72. The van der Waals surface area contributed by atoms with Gasteiger partial charge in [0, 0.05) is 6.42 Å². The number of hydrogen-bond acceptors (Lipinski definition) is 2. The number of aliphatic carboxylic acids is 1. The Labute approximate surface area is 147 Å². The normalized spacial score (nSPS) is 11.7. The summed E-state index contributed by atoms with van der Waals surface area (Å²) in [4.78, 5) is 11.5. The van der Waals surface area contributed by atoms with Gasteiger partial charge in [0.15, 0.2) is 6.10 Å². The lowest BCUT2D eigenvalue weighted by Crippen LogP contribution is -2.29. The molecule has 0 amide bonds. The first-order chi connectivity index (χ1) is 12.1. The summed E-state index contributed by atoms with van der Waals surface area (Å²) in [6.07, 6.45) is -0.581. The first-order valence-electron chi connectivity index (χ1n) is 8.22. The number of benzene rings is 3. The van der Waals surface area contributed by atoms with Gasteiger partial charge >= 0.3 is 5.97 Å². The van der Waals surface area contributed by atoms with E-state index in [9.17, 15) is 9.90 Å². The zero-order valence-corrected chi connectivity index (χ0v) is 14.1. The highest BCUT2D eigenvalue weighted by molar-refractivity contribution is 5.73. The Morgan fingerprint density at radius 2 is 1.64 bits per heavy atom. The topological polar surface area (TPSA) is 46.5 Å². The average molecular weight is 332 g/mol. The summed E-state index contributed by atoms with van der Waals surface area (Å²) in [6, 6.07) is 25.3. The molecule has 0 aliphatic rings. The second-order valence-electron chi connectivity index (χ2n) is 6.03. The molecule has 1 atom stereocenters. The van der Waals surface area contributed by atoms with Gasteiger partial charge in [-0.05, 0) is 35.7 Å². The Morgan fingerprint density at radius 1 is 0.920 bits per heavy atom. The zero-order valence-electron chi connectivity index (χ0n) is 14.1. The maximum Gasteiger partial charge on any atom is 0.345 e. The van der Waals surface area contributed by atoms with E-state index >= 15 is 0 Å². The van der Waals surface area contributed by atoms with E-state index in [-0.39, 0.29) is 0 Å². The number of carboxylic acid groups (broad SMARTS) is 1. The molecule has 0 aliphatic heterocycles. The Kier molecular flexibility index (Phi) is 5.14.